The maximum atomic E-state index is 11.8. The lowest BCUT2D eigenvalue weighted by molar-refractivity contribution is -0.271. The van der Waals surface area contributed by atoms with E-state index >= 15 is 0 Å². The highest BCUT2D eigenvalue weighted by Gasteiger charge is 2.44. The smallest absolute Gasteiger partial charge is 0.163 e. The fourth-order valence-electron chi connectivity index (χ4n) is 6.82. The lowest BCUT2D eigenvalue weighted by atomic mass is 9.79. The average Bonchev–Trinajstić information content (AvgIpc) is 2.94. The molecule has 0 saturated carbocycles. The zero-order valence-corrected chi connectivity index (χ0v) is 31.3. The molecule has 45 heavy (non-hydrogen) atoms. The summed E-state index contributed by atoms with van der Waals surface area (Å²) in [7, 11) is 8.24. The zero-order chi connectivity index (χ0) is 34.8. The van der Waals surface area contributed by atoms with Crippen LogP contribution in [-0.4, -0.2) is 151 Å². The van der Waals surface area contributed by atoms with Crippen molar-refractivity contribution in [3.8, 4) is 0 Å². The van der Waals surface area contributed by atoms with Crippen LogP contribution in [0, 0.1) is 29.6 Å². The highest BCUT2D eigenvalue weighted by atomic mass is 16.7. The third kappa shape index (κ3) is 13.6. The van der Waals surface area contributed by atoms with Gasteiger partial charge in [0.1, 0.15) is 0 Å². The second kappa shape index (κ2) is 19.6. The number of hydrogen-bond donors (Lipinski definition) is 4. The van der Waals surface area contributed by atoms with Crippen LogP contribution < -0.4 is 0 Å². The monoisotopic (exact) mass is 648 g/mol. The van der Waals surface area contributed by atoms with Crippen molar-refractivity contribution < 1.29 is 34.6 Å². The first-order valence-electron chi connectivity index (χ1n) is 17.4. The molecule has 1 aliphatic rings. The molecule has 1 unspecified atom stereocenters. The number of likely N-dealkylation sites (N-methyl/N-ethyl adjacent to an activating group) is 2. The van der Waals surface area contributed by atoms with Crippen molar-refractivity contribution in [1.82, 2.24) is 14.7 Å². The Morgan fingerprint density at radius 1 is 0.956 bits per heavy atom. The molecule has 0 radical (unpaired) electrons. The van der Waals surface area contributed by atoms with Crippen LogP contribution in [0.5, 0.6) is 0 Å². The molecule has 0 aromatic heterocycles. The lowest BCUT2D eigenvalue weighted by Crippen LogP contribution is -2.56. The lowest BCUT2D eigenvalue weighted by Gasteiger charge is -2.48. The topological polar surface area (TPSA) is 118 Å². The second-order valence-corrected chi connectivity index (χ2v) is 15.5. The average molecular weight is 648 g/mol. The van der Waals surface area contributed by atoms with Gasteiger partial charge in [-0.05, 0) is 94.4 Å². The van der Waals surface area contributed by atoms with E-state index in [4.69, 9.17) is 14.2 Å². The number of ether oxygens (including phenoxy) is 3. The van der Waals surface area contributed by atoms with Crippen LogP contribution in [0.4, 0.5) is 0 Å². The molecule has 10 nitrogen and oxygen atoms in total. The minimum atomic E-state index is -0.988. The molecule has 0 aromatic rings. The minimum Gasteiger partial charge on any atom is -0.395 e. The van der Waals surface area contributed by atoms with E-state index in [1.165, 1.54) is 0 Å². The first-order valence-corrected chi connectivity index (χ1v) is 17.4. The van der Waals surface area contributed by atoms with Crippen LogP contribution in [-0.2, 0) is 14.2 Å². The van der Waals surface area contributed by atoms with Crippen molar-refractivity contribution in [2.24, 2.45) is 29.6 Å². The summed E-state index contributed by atoms with van der Waals surface area (Å²) in [5, 5.41) is 41.7. The summed E-state index contributed by atoms with van der Waals surface area (Å²) in [5.41, 5.74) is -0.988. The normalized spacial score (nSPS) is 27.7. The fourth-order valence-corrected chi connectivity index (χ4v) is 6.82. The quantitative estimate of drug-likeness (QED) is 0.148. The van der Waals surface area contributed by atoms with Gasteiger partial charge in [-0.3, -0.25) is 0 Å². The standard InChI is InChI=1S/C35H73N3O7/c1-22(19-38(14)24(3)21-40)17-23(2)33(27(6)32(41)26(5)28(7)44-29(8)35(9,10)42)45-34-30(20-36(11)12)31(18-25(4)43-34)37(13)15-16-39/h22-34,39-42H,15-21H2,1-14H3/t22-,23+,24-,25-,26+,27+,28?,29-,30+,31-,32-,33+,34+/m1/s1. The molecule has 0 spiro atoms. The number of rotatable bonds is 21. The number of aliphatic hydroxyl groups is 4. The van der Waals surface area contributed by atoms with Gasteiger partial charge < -0.3 is 49.3 Å². The molecule has 1 heterocycles. The van der Waals surface area contributed by atoms with E-state index in [2.05, 4.69) is 63.5 Å². The van der Waals surface area contributed by atoms with Gasteiger partial charge in [0, 0.05) is 49.5 Å². The second-order valence-electron chi connectivity index (χ2n) is 15.5. The van der Waals surface area contributed by atoms with Gasteiger partial charge in [0.05, 0.1) is 49.3 Å². The molecule has 0 aromatic carbocycles. The highest BCUT2D eigenvalue weighted by Crippen LogP contribution is 2.36. The van der Waals surface area contributed by atoms with Gasteiger partial charge in [-0.15, -0.1) is 0 Å². The number of hydrogen-bond acceptors (Lipinski definition) is 10. The first kappa shape index (κ1) is 42.6. The fraction of sp³-hybridized carbons (Fsp3) is 1.00. The van der Waals surface area contributed by atoms with Crippen LogP contribution in [0.15, 0.2) is 0 Å². The van der Waals surface area contributed by atoms with Gasteiger partial charge in [0.25, 0.3) is 0 Å². The minimum absolute atomic E-state index is 0.0149. The maximum Gasteiger partial charge on any atom is 0.163 e. The van der Waals surface area contributed by atoms with Crippen LogP contribution in [0.1, 0.15) is 82.1 Å². The van der Waals surface area contributed by atoms with Crippen molar-refractivity contribution in [2.75, 3.05) is 61.0 Å². The molecular formula is C35H73N3O7. The van der Waals surface area contributed by atoms with E-state index in [9.17, 15) is 20.4 Å². The summed E-state index contributed by atoms with van der Waals surface area (Å²) < 4.78 is 19.8. The SMILES string of the molecule is CC(O[C@H](C)C(C)(C)O)[C@H](C)[C@@H](O)[C@H](C)[C@@H](O[C@@H]1O[C@H](C)C[C@@H](N(C)CCO)[C@@H]1CN(C)C)[C@@H](C)C[C@@H](C)CN(C)[C@H](C)CO. The van der Waals surface area contributed by atoms with Crippen molar-refractivity contribution in [3.63, 3.8) is 0 Å². The van der Waals surface area contributed by atoms with Gasteiger partial charge in [0.15, 0.2) is 6.29 Å². The van der Waals surface area contributed by atoms with E-state index in [0.717, 1.165) is 25.9 Å². The molecule has 270 valence electrons. The molecule has 1 saturated heterocycles. The Bertz CT molecular complexity index is 800. The maximum absolute atomic E-state index is 11.8. The zero-order valence-electron chi connectivity index (χ0n) is 31.3. The van der Waals surface area contributed by atoms with Gasteiger partial charge in [0.2, 0.25) is 0 Å². The van der Waals surface area contributed by atoms with E-state index in [-0.39, 0.29) is 73.4 Å². The van der Waals surface area contributed by atoms with Gasteiger partial charge >= 0.3 is 0 Å². The number of nitrogens with zero attached hydrogens (tertiary/aromatic N) is 3. The van der Waals surface area contributed by atoms with Crippen LogP contribution >= 0.6 is 0 Å². The Morgan fingerprint density at radius 3 is 2.07 bits per heavy atom. The number of aliphatic hydroxyl groups excluding tert-OH is 3. The molecule has 4 N–H and O–H groups in total. The Kier molecular flexibility index (Phi) is 18.5. The van der Waals surface area contributed by atoms with E-state index in [1.807, 2.05) is 34.7 Å². The molecule has 13 atom stereocenters. The van der Waals surface area contributed by atoms with E-state index in [0.29, 0.717) is 12.5 Å². The third-order valence-electron chi connectivity index (χ3n) is 10.4. The molecule has 1 aliphatic heterocycles. The van der Waals surface area contributed by atoms with Gasteiger partial charge in [-0.25, -0.2) is 0 Å². The van der Waals surface area contributed by atoms with Crippen LogP contribution in [0.3, 0.4) is 0 Å². The Balaban J connectivity index is 3.38. The summed E-state index contributed by atoms with van der Waals surface area (Å²) in [6.07, 6.45) is -0.437. The van der Waals surface area contributed by atoms with Crippen molar-refractivity contribution in [1.29, 1.82) is 0 Å². The molecule has 1 fully saturated rings. The van der Waals surface area contributed by atoms with Crippen LogP contribution in [0.25, 0.3) is 0 Å². The third-order valence-corrected chi connectivity index (χ3v) is 10.4. The molecule has 10 heteroatoms. The summed E-state index contributed by atoms with van der Waals surface area (Å²) >= 11 is 0. The molecule has 1 rings (SSSR count). The first-order chi connectivity index (χ1) is 20.7. The summed E-state index contributed by atoms with van der Waals surface area (Å²) in [5.74, 6) is 0.0659. The van der Waals surface area contributed by atoms with Gasteiger partial charge in [-0.1, -0.05) is 27.7 Å². The van der Waals surface area contributed by atoms with Crippen molar-refractivity contribution >= 4 is 0 Å². The molecule has 0 amide bonds. The summed E-state index contributed by atoms with van der Waals surface area (Å²) in [4.78, 5) is 6.59. The molecule has 0 bridgehead atoms. The Hall–Kier alpha value is -0.400. The molecule has 0 aliphatic carbocycles. The largest absolute Gasteiger partial charge is 0.395 e. The highest BCUT2D eigenvalue weighted by molar-refractivity contribution is 4.91. The Labute approximate surface area is 276 Å². The van der Waals surface area contributed by atoms with Crippen molar-refractivity contribution in [3.05, 3.63) is 0 Å². The summed E-state index contributed by atoms with van der Waals surface area (Å²) in [6.45, 7) is 22.3. The predicted molar refractivity (Wildman–Crippen MR) is 182 cm³/mol. The van der Waals surface area contributed by atoms with E-state index < -0.39 is 18.0 Å². The predicted octanol–water partition coefficient (Wildman–Crippen LogP) is 3.15. The van der Waals surface area contributed by atoms with Crippen molar-refractivity contribution in [2.45, 2.75) is 137 Å². The Morgan fingerprint density at radius 2 is 1.56 bits per heavy atom. The van der Waals surface area contributed by atoms with Crippen LogP contribution in [0.2, 0.25) is 0 Å². The molecular weight excluding hydrogens is 574 g/mol. The van der Waals surface area contributed by atoms with Gasteiger partial charge in [-0.2, -0.15) is 0 Å². The summed E-state index contributed by atoms with van der Waals surface area (Å²) in [6, 6.07) is 0.258. The van der Waals surface area contributed by atoms with E-state index in [1.54, 1.807) is 13.8 Å².